The van der Waals surface area contributed by atoms with Crippen molar-refractivity contribution in [3.63, 3.8) is 0 Å². The summed E-state index contributed by atoms with van der Waals surface area (Å²) < 4.78 is 11.4. The Morgan fingerprint density at radius 3 is 1.94 bits per heavy atom. The van der Waals surface area contributed by atoms with Crippen LogP contribution in [0.4, 0.5) is 11.4 Å². The standard InChI is InChI=1S/C26H22N2O4/c1-18-24(26(30)28-21-10-6-3-7-11-21)16-23(32-18)17-31-22-14-12-19(13-15-22)25(29)27-20-8-4-2-5-9-20/h2-16H,17H2,1H3,(H,27,29)(H,28,30). The van der Waals surface area contributed by atoms with Crippen LogP contribution in [0.2, 0.25) is 0 Å². The van der Waals surface area contributed by atoms with Gasteiger partial charge in [0.05, 0.1) is 5.56 Å². The number of carbonyl (C=O) groups excluding carboxylic acids is 2. The first-order chi connectivity index (χ1) is 15.6. The van der Waals surface area contributed by atoms with Crippen LogP contribution < -0.4 is 15.4 Å². The average Bonchev–Trinajstić information content (AvgIpc) is 3.20. The van der Waals surface area contributed by atoms with Gasteiger partial charge in [0, 0.05) is 16.9 Å². The maximum absolute atomic E-state index is 12.5. The van der Waals surface area contributed by atoms with Crippen LogP contribution in [0.1, 0.15) is 32.2 Å². The smallest absolute Gasteiger partial charge is 0.259 e. The van der Waals surface area contributed by atoms with Gasteiger partial charge in [0.1, 0.15) is 23.9 Å². The van der Waals surface area contributed by atoms with Gasteiger partial charge in [-0.15, -0.1) is 0 Å². The van der Waals surface area contributed by atoms with Crippen molar-refractivity contribution in [2.24, 2.45) is 0 Å². The summed E-state index contributed by atoms with van der Waals surface area (Å²) in [4.78, 5) is 24.8. The fourth-order valence-corrected chi connectivity index (χ4v) is 3.14. The number of furan rings is 1. The summed E-state index contributed by atoms with van der Waals surface area (Å²) in [6, 6.07) is 27.0. The lowest BCUT2D eigenvalue weighted by Gasteiger charge is -2.07. The minimum absolute atomic E-state index is 0.162. The van der Waals surface area contributed by atoms with Crippen LogP contribution in [0.5, 0.6) is 5.75 Å². The summed E-state index contributed by atoms with van der Waals surface area (Å²) in [5, 5.41) is 5.68. The summed E-state index contributed by atoms with van der Waals surface area (Å²) in [5.41, 5.74) is 2.43. The van der Waals surface area contributed by atoms with E-state index in [0.29, 0.717) is 34.1 Å². The van der Waals surface area contributed by atoms with E-state index in [4.69, 9.17) is 9.15 Å². The molecule has 32 heavy (non-hydrogen) atoms. The molecule has 0 fully saturated rings. The Morgan fingerprint density at radius 2 is 1.34 bits per heavy atom. The second-order valence-corrected chi connectivity index (χ2v) is 7.14. The Balaban J connectivity index is 1.34. The minimum Gasteiger partial charge on any atom is -0.486 e. The van der Waals surface area contributed by atoms with Crippen molar-refractivity contribution in [1.29, 1.82) is 0 Å². The van der Waals surface area contributed by atoms with Gasteiger partial charge in [0.2, 0.25) is 0 Å². The zero-order valence-corrected chi connectivity index (χ0v) is 17.5. The fraction of sp³-hybridized carbons (Fsp3) is 0.0769. The van der Waals surface area contributed by atoms with Crippen LogP contribution in [0.25, 0.3) is 0 Å². The van der Waals surface area contributed by atoms with E-state index in [9.17, 15) is 9.59 Å². The number of aryl methyl sites for hydroxylation is 1. The van der Waals surface area contributed by atoms with Crippen LogP contribution in [-0.4, -0.2) is 11.8 Å². The molecule has 1 aromatic heterocycles. The number of para-hydroxylation sites is 2. The molecule has 0 aliphatic heterocycles. The van der Waals surface area contributed by atoms with E-state index in [1.54, 1.807) is 37.3 Å². The van der Waals surface area contributed by atoms with Crippen molar-refractivity contribution in [2.45, 2.75) is 13.5 Å². The molecule has 4 rings (SSSR count). The molecule has 0 unspecified atom stereocenters. The third kappa shape index (κ3) is 5.23. The van der Waals surface area contributed by atoms with Gasteiger partial charge >= 0.3 is 0 Å². The highest BCUT2D eigenvalue weighted by atomic mass is 16.5. The predicted octanol–water partition coefficient (Wildman–Crippen LogP) is 5.67. The second-order valence-electron chi connectivity index (χ2n) is 7.14. The zero-order valence-electron chi connectivity index (χ0n) is 17.5. The third-order valence-corrected chi connectivity index (χ3v) is 4.77. The molecule has 0 aliphatic rings. The quantitative estimate of drug-likeness (QED) is 0.399. The summed E-state index contributed by atoms with van der Waals surface area (Å²) in [6.45, 7) is 1.90. The van der Waals surface area contributed by atoms with Gasteiger partial charge in [0.15, 0.2) is 0 Å². The van der Waals surface area contributed by atoms with Crippen LogP contribution in [0.15, 0.2) is 95.4 Å². The summed E-state index contributed by atoms with van der Waals surface area (Å²) in [5.74, 6) is 1.21. The van der Waals surface area contributed by atoms with Crippen LogP contribution in [-0.2, 0) is 6.61 Å². The van der Waals surface area contributed by atoms with Crippen LogP contribution in [0, 0.1) is 6.92 Å². The summed E-state index contributed by atoms with van der Waals surface area (Å²) >= 11 is 0. The van der Waals surface area contributed by atoms with Crippen molar-refractivity contribution in [3.05, 3.63) is 114 Å². The lowest BCUT2D eigenvalue weighted by molar-refractivity contribution is 0.101. The molecule has 6 nitrogen and oxygen atoms in total. The van der Waals surface area contributed by atoms with Crippen molar-refractivity contribution >= 4 is 23.2 Å². The van der Waals surface area contributed by atoms with Crippen LogP contribution in [0.3, 0.4) is 0 Å². The lowest BCUT2D eigenvalue weighted by Crippen LogP contribution is -2.12. The van der Waals surface area contributed by atoms with E-state index in [2.05, 4.69) is 10.6 Å². The monoisotopic (exact) mass is 426 g/mol. The van der Waals surface area contributed by atoms with Gasteiger partial charge in [-0.05, 0) is 61.5 Å². The number of benzene rings is 3. The van der Waals surface area contributed by atoms with E-state index in [1.165, 1.54) is 0 Å². The van der Waals surface area contributed by atoms with Crippen molar-refractivity contribution in [3.8, 4) is 5.75 Å². The second kappa shape index (κ2) is 9.66. The number of anilines is 2. The van der Waals surface area contributed by atoms with E-state index in [0.717, 1.165) is 5.69 Å². The topological polar surface area (TPSA) is 80.6 Å². The van der Waals surface area contributed by atoms with Crippen molar-refractivity contribution < 1.29 is 18.7 Å². The highest BCUT2D eigenvalue weighted by molar-refractivity contribution is 6.05. The molecule has 3 aromatic carbocycles. The lowest BCUT2D eigenvalue weighted by atomic mass is 10.2. The van der Waals surface area contributed by atoms with Gasteiger partial charge in [-0.25, -0.2) is 0 Å². The number of nitrogens with one attached hydrogen (secondary N) is 2. The van der Waals surface area contributed by atoms with Crippen molar-refractivity contribution in [1.82, 2.24) is 0 Å². The number of hydrogen-bond acceptors (Lipinski definition) is 4. The molecular weight excluding hydrogens is 404 g/mol. The maximum atomic E-state index is 12.5. The van der Waals surface area contributed by atoms with E-state index in [1.807, 2.05) is 60.7 Å². The molecule has 0 saturated heterocycles. The molecule has 6 heteroatoms. The van der Waals surface area contributed by atoms with E-state index in [-0.39, 0.29) is 18.4 Å². The largest absolute Gasteiger partial charge is 0.486 e. The first kappa shape index (κ1) is 20.9. The normalized spacial score (nSPS) is 10.4. The van der Waals surface area contributed by atoms with Gasteiger partial charge < -0.3 is 19.8 Å². The molecule has 0 atom stereocenters. The molecular formula is C26H22N2O4. The number of hydrogen-bond donors (Lipinski definition) is 2. The van der Waals surface area contributed by atoms with Gasteiger partial charge in [-0.3, -0.25) is 9.59 Å². The minimum atomic E-state index is -0.238. The molecule has 0 aliphatic carbocycles. The van der Waals surface area contributed by atoms with Gasteiger partial charge in [-0.1, -0.05) is 36.4 Å². The van der Waals surface area contributed by atoms with Crippen LogP contribution >= 0.6 is 0 Å². The van der Waals surface area contributed by atoms with Gasteiger partial charge in [-0.2, -0.15) is 0 Å². The number of amides is 2. The molecule has 2 amide bonds. The summed E-state index contributed by atoms with van der Waals surface area (Å²) in [7, 11) is 0. The Hall–Kier alpha value is -4.32. The average molecular weight is 426 g/mol. The summed E-state index contributed by atoms with van der Waals surface area (Å²) in [6.07, 6.45) is 0. The highest BCUT2D eigenvalue weighted by Crippen LogP contribution is 2.20. The molecule has 0 spiro atoms. The first-order valence-corrected chi connectivity index (χ1v) is 10.1. The number of carbonyl (C=O) groups is 2. The molecule has 1 heterocycles. The fourth-order valence-electron chi connectivity index (χ4n) is 3.14. The Morgan fingerprint density at radius 1 is 0.781 bits per heavy atom. The molecule has 0 saturated carbocycles. The maximum Gasteiger partial charge on any atom is 0.259 e. The molecule has 160 valence electrons. The highest BCUT2D eigenvalue weighted by Gasteiger charge is 2.16. The van der Waals surface area contributed by atoms with Gasteiger partial charge in [0.25, 0.3) is 11.8 Å². The molecule has 0 bridgehead atoms. The number of ether oxygens (including phenoxy) is 1. The molecule has 0 radical (unpaired) electrons. The first-order valence-electron chi connectivity index (χ1n) is 10.1. The van der Waals surface area contributed by atoms with E-state index >= 15 is 0 Å². The van der Waals surface area contributed by atoms with Crippen molar-refractivity contribution in [2.75, 3.05) is 10.6 Å². The molecule has 4 aromatic rings. The third-order valence-electron chi connectivity index (χ3n) is 4.77. The Labute approximate surface area is 185 Å². The Kier molecular flexibility index (Phi) is 6.32. The predicted molar refractivity (Wildman–Crippen MR) is 123 cm³/mol. The molecule has 2 N–H and O–H groups in total. The number of rotatable bonds is 7. The zero-order chi connectivity index (χ0) is 22.3. The SMILES string of the molecule is Cc1oc(COc2ccc(C(=O)Nc3ccccc3)cc2)cc1C(=O)Nc1ccccc1. The van der Waals surface area contributed by atoms with E-state index < -0.39 is 0 Å². The Bertz CT molecular complexity index is 1200.